The number of carbonyl (C=O) groups is 1. The van der Waals surface area contributed by atoms with Crippen LogP contribution in [0.15, 0.2) is 23.4 Å². The molecule has 0 saturated heterocycles. The minimum Gasteiger partial charge on any atom is -0.465 e. The van der Waals surface area contributed by atoms with Gasteiger partial charge in [-0.3, -0.25) is 0 Å². The van der Waals surface area contributed by atoms with E-state index >= 15 is 0 Å². The molecule has 0 spiro atoms. The zero-order valence-corrected chi connectivity index (χ0v) is 8.02. The summed E-state index contributed by atoms with van der Waals surface area (Å²) in [5, 5.41) is 11.2. The Labute approximate surface area is 81.8 Å². The zero-order valence-electron chi connectivity index (χ0n) is 8.02. The zero-order chi connectivity index (χ0) is 10.6. The van der Waals surface area contributed by atoms with Crippen molar-refractivity contribution in [2.75, 3.05) is 7.11 Å². The fourth-order valence-corrected chi connectivity index (χ4v) is 1.17. The number of nitrogens with zero attached hydrogens (tertiary/aromatic N) is 1. The van der Waals surface area contributed by atoms with E-state index in [9.17, 15) is 4.79 Å². The Morgan fingerprint density at radius 3 is 2.79 bits per heavy atom. The second-order valence-electron chi connectivity index (χ2n) is 2.81. The standard InChI is InChI=1S/C10H11NO3/c1-7-5-8(6-11-13)3-4-9(7)10(12)14-2/h3-6,13H,1-2H3/b11-6+. The lowest BCUT2D eigenvalue weighted by molar-refractivity contribution is 0.0600. The smallest absolute Gasteiger partial charge is 0.338 e. The Balaban J connectivity index is 3.07. The van der Waals surface area contributed by atoms with Crippen molar-refractivity contribution in [1.29, 1.82) is 0 Å². The maximum Gasteiger partial charge on any atom is 0.338 e. The first kappa shape index (κ1) is 10.2. The average molecular weight is 193 g/mol. The van der Waals surface area contributed by atoms with Crippen molar-refractivity contribution in [3.8, 4) is 0 Å². The van der Waals surface area contributed by atoms with E-state index in [1.54, 1.807) is 25.1 Å². The Morgan fingerprint density at radius 2 is 2.29 bits per heavy atom. The number of hydrogen-bond donors (Lipinski definition) is 1. The summed E-state index contributed by atoms with van der Waals surface area (Å²) in [6, 6.07) is 5.06. The maximum atomic E-state index is 11.2. The quantitative estimate of drug-likeness (QED) is 0.336. The van der Waals surface area contributed by atoms with Gasteiger partial charge in [0.15, 0.2) is 0 Å². The highest BCUT2D eigenvalue weighted by Gasteiger charge is 2.08. The molecule has 74 valence electrons. The van der Waals surface area contributed by atoms with Gasteiger partial charge in [-0.25, -0.2) is 4.79 Å². The third-order valence-electron chi connectivity index (χ3n) is 1.86. The summed E-state index contributed by atoms with van der Waals surface area (Å²) in [5.74, 6) is -0.366. The summed E-state index contributed by atoms with van der Waals surface area (Å²) in [4.78, 5) is 11.2. The van der Waals surface area contributed by atoms with Crippen molar-refractivity contribution in [2.45, 2.75) is 6.92 Å². The number of rotatable bonds is 2. The van der Waals surface area contributed by atoms with E-state index in [2.05, 4.69) is 9.89 Å². The monoisotopic (exact) mass is 193 g/mol. The van der Waals surface area contributed by atoms with Crippen LogP contribution in [-0.2, 0) is 4.74 Å². The maximum absolute atomic E-state index is 11.2. The van der Waals surface area contributed by atoms with Gasteiger partial charge >= 0.3 is 5.97 Å². The van der Waals surface area contributed by atoms with Crippen molar-refractivity contribution < 1.29 is 14.7 Å². The molecule has 1 rings (SSSR count). The van der Waals surface area contributed by atoms with Crippen molar-refractivity contribution in [2.24, 2.45) is 5.16 Å². The van der Waals surface area contributed by atoms with Gasteiger partial charge < -0.3 is 9.94 Å². The fourth-order valence-electron chi connectivity index (χ4n) is 1.17. The summed E-state index contributed by atoms with van der Waals surface area (Å²) in [7, 11) is 1.34. The highest BCUT2D eigenvalue weighted by atomic mass is 16.5. The molecule has 1 aromatic rings. The van der Waals surface area contributed by atoms with Crippen LogP contribution in [0.3, 0.4) is 0 Å². The molecule has 0 bridgehead atoms. The molecule has 0 aliphatic carbocycles. The number of ether oxygens (including phenoxy) is 1. The van der Waals surface area contributed by atoms with Crippen LogP contribution < -0.4 is 0 Å². The van der Waals surface area contributed by atoms with Crippen molar-refractivity contribution in [3.63, 3.8) is 0 Å². The third kappa shape index (κ3) is 2.10. The molecular weight excluding hydrogens is 182 g/mol. The first-order valence-electron chi connectivity index (χ1n) is 4.05. The van der Waals surface area contributed by atoms with Gasteiger partial charge in [0.25, 0.3) is 0 Å². The highest BCUT2D eigenvalue weighted by molar-refractivity contribution is 5.92. The third-order valence-corrected chi connectivity index (χ3v) is 1.86. The van der Waals surface area contributed by atoms with Crippen LogP contribution in [0, 0.1) is 6.92 Å². The SMILES string of the molecule is COC(=O)c1ccc(/C=N/O)cc1C. The molecule has 4 heteroatoms. The topological polar surface area (TPSA) is 58.9 Å². The predicted molar refractivity (Wildman–Crippen MR) is 51.9 cm³/mol. The van der Waals surface area contributed by atoms with E-state index in [4.69, 9.17) is 5.21 Å². The van der Waals surface area contributed by atoms with Gasteiger partial charge in [0.2, 0.25) is 0 Å². The molecule has 4 nitrogen and oxygen atoms in total. The van der Waals surface area contributed by atoms with Gasteiger partial charge in [0, 0.05) is 0 Å². The van der Waals surface area contributed by atoms with Crippen LogP contribution in [-0.4, -0.2) is 24.5 Å². The van der Waals surface area contributed by atoms with E-state index in [1.807, 2.05) is 0 Å². The number of methoxy groups -OCH3 is 1. The van der Waals surface area contributed by atoms with Crippen LogP contribution >= 0.6 is 0 Å². The molecule has 0 aliphatic heterocycles. The number of hydrogen-bond acceptors (Lipinski definition) is 4. The summed E-state index contributed by atoms with van der Waals surface area (Å²) in [5.41, 5.74) is 2.04. The normalized spacial score (nSPS) is 10.4. The molecule has 0 aliphatic rings. The predicted octanol–water partition coefficient (Wildman–Crippen LogP) is 1.59. The molecular formula is C10H11NO3. The molecule has 0 fully saturated rings. The molecule has 14 heavy (non-hydrogen) atoms. The summed E-state index contributed by atoms with van der Waals surface area (Å²) >= 11 is 0. The molecule has 0 atom stereocenters. The van der Waals surface area contributed by atoms with E-state index in [0.29, 0.717) is 5.56 Å². The first-order chi connectivity index (χ1) is 6.69. The average Bonchev–Trinajstić information content (AvgIpc) is 2.17. The number of esters is 1. The van der Waals surface area contributed by atoms with Crippen molar-refractivity contribution in [1.82, 2.24) is 0 Å². The first-order valence-corrected chi connectivity index (χ1v) is 4.05. The van der Waals surface area contributed by atoms with E-state index in [-0.39, 0.29) is 5.97 Å². The largest absolute Gasteiger partial charge is 0.465 e. The number of benzene rings is 1. The van der Waals surface area contributed by atoms with E-state index < -0.39 is 0 Å². The summed E-state index contributed by atoms with van der Waals surface area (Å²) in [6.07, 6.45) is 1.30. The van der Waals surface area contributed by atoms with E-state index in [1.165, 1.54) is 13.3 Å². The molecule has 0 saturated carbocycles. The molecule has 0 aromatic heterocycles. The van der Waals surface area contributed by atoms with Gasteiger partial charge in [-0.1, -0.05) is 11.2 Å². The highest BCUT2D eigenvalue weighted by Crippen LogP contribution is 2.10. The second kappa shape index (κ2) is 4.41. The number of carbonyl (C=O) groups excluding carboxylic acids is 1. The van der Waals surface area contributed by atoms with Crippen LogP contribution in [0.2, 0.25) is 0 Å². The summed E-state index contributed by atoms with van der Waals surface area (Å²) < 4.78 is 4.59. The van der Waals surface area contributed by atoms with Gasteiger partial charge in [-0.2, -0.15) is 0 Å². The van der Waals surface area contributed by atoms with Crippen molar-refractivity contribution in [3.05, 3.63) is 34.9 Å². The Kier molecular flexibility index (Phi) is 3.23. The minimum absolute atomic E-state index is 0.366. The van der Waals surface area contributed by atoms with Crippen LogP contribution in [0.5, 0.6) is 0 Å². The molecule has 0 heterocycles. The van der Waals surface area contributed by atoms with Gasteiger partial charge in [0.05, 0.1) is 18.9 Å². The molecule has 0 amide bonds. The minimum atomic E-state index is -0.366. The van der Waals surface area contributed by atoms with E-state index in [0.717, 1.165) is 11.1 Å². The number of aryl methyl sites for hydroxylation is 1. The van der Waals surface area contributed by atoms with Gasteiger partial charge in [-0.05, 0) is 30.2 Å². The van der Waals surface area contributed by atoms with Gasteiger partial charge in [-0.15, -0.1) is 0 Å². The van der Waals surface area contributed by atoms with Crippen LogP contribution in [0.25, 0.3) is 0 Å². The van der Waals surface area contributed by atoms with Crippen LogP contribution in [0.1, 0.15) is 21.5 Å². The lowest BCUT2D eigenvalue weighted by Crippen LogP contribution is -2.03. The molecule has 1 N–H and O–H groups in total. The lowest BCUT2D eigenvalue weighted by atomic mass is 10.1. The Hall–Kier alpha value is -1.84. The second-order valence-corrected chi connectivity index (χ2v) is 2.81. The molecule has 0 radical (unpaired) electrons. The van der Waals surface area contributed by atoms with Crippen molar-refractivity contribution >= 4 is 12.2 Å². The lowest BCUT2D eigenvalue weighted by Gasteiger charge is -2.03. The summed E-state index contributed by atoms with van der Waals surface area (Å²) in [6.45, 7) is 1.79. The Morgan fingerprint density at radius 1 is 1.57 bits per heavy atom. The molecule has 1 aromatic carbocycles. The Bertz CT molecular complexity index is 372. The van der Waals surface area contributed by atoms with Gasteiger partial charge in [0.1, 0.15) is 0 Å². The number of oxime groups is 1. The molecule has 0 unspecified atom stereocenters. The van der Waals surface area contributed by atoms with Crippen LogP contribution in [0.4, 0.5) is 0 Å². The fraction of sp³-hybridized carbons (Fsp3) is 0.200.